The Bertz CT molecular complexity index is 1590. The monoisotopic (exact) mass is 550 g/mol. The molecule has 0 saturated heterocycles. The minimum Gasteiger partial charge on any atom is -0.411 e. The number of pyridine rings is 1. The molecule has 210 valence electrons. The van der Waals surface area contributed by atoms with Gasteiger partial charge in [-0.25, -0.2) is 0 Å². The summed E-state index contributed by atoms with van der Waals surface area (Å²) in [6.45, 7) is 4.14. The molecule has 0 fully saturated rings. The average molecular weight is 551 g/mol. The molecule has 0 radical (unpaired) electrons. The molecule has 3 aromatic carbocycles. The highest BCUT2D eigenvalue weighted by Crippen LogP contribution is 2.32. The number of carbonyl (C=O) groups excluding carboxylic acids is 2. The maximum Gasteiger partial charge on any atom is 0.258 e. The molecule has 41 heavy (non-hydrogen) atoms. The van der Waals surface area contributed by atoms with Gasteiger partial charge >= 0.3 is 0 Å². The van der Waals surface area contributed by atoms with E-state index in [1.165, 1.54) is 17.6 Å². The Morgan fingerprint density at radius 1 is 0.927 bits per heavy atom. The van der Waals surface area contributed by atoms with Crippen LogP contribution >= 0.6 is 0 Å². The Labute approximate surface area is 239 Å². The minimum atomic E-state index is -0.177. The number of anilines is 1. The van der Waals surface area contributed by atoms with Crippen LogP contribution in [0.4, 0.5) is 5.69 Å². The van der Waals surface area contributed by atoms with Crippen LogP contribution in [0.25, 0.3) is 0 Å². The van der Waals surface area contributed by atoms with Gasteiger partial charge in [-0.1, -0.05) is 59.8 Å². The van der Waals surface area contributed by atoms with E-state index in [0.717, 1.165) is 22.4 Å². The van der Waals surface area contributed by atoms with Gasteiger partial charge in [0, 0.05) is 68.5 Å². The van der Waals surface area contributed by atoms with Gasteiger partial charge < -0.3 is 20.0 Å². The van der Waals surface area contributed by atoms with Crippen molar-refractivity contribution in [3.8, 4) is 0 Å². The van der Waals surface area contributed by atoms with Crippen LogP contribution in [0.2, 0.25) is 0 Å². The molecule has 0 aliphatic heterocycles. The number of rotatable bonds is 10. The summed E-state index contributed by atoms with van der Waals surface area (Å²) in [5.74, 6) is -0.502. The number of para-hydroxylation sites is 1. The number of carbonyl (C=O) groups is 2. The molecule has 8 nitrogen and oxygen atoms in total. The molecular weight excluding hydrogens is 516 g/mol. The molecule has 0 aliphatic rings. The van der Waals surface area contributed by atoms with Crippen molar-refractivity contribution in [1.29, 1.82) is 0 Å². The van der Waals surface area contributed by atoms with Gasteiger partial charge in [0.15, 0.2) is 0 Å². The predicted molar refractivity (Wildman–Crippen MR) is 161 cm³/mol. The average Bonchev–Trinajstić information content (AvgIpc) is 2.98. The number of aromatic nitrogens is 1. The van der Waals surface area contributed by atoms with Gasteiger partial charge in [0.2, 0.25) is 11.5 Å². The van der Waals surface area contributed by atoms with E-state index >= 15 is 0 Å². The molecule has 2 N–H and O–H groups in total. The summed E-state index contributed by atoms with van der Waals surface area (Å²) < 4.78 is 1.45. The fourth-order valence-electron chi connectivity index (χ4n) is 4.87. The zero-order valence-electron chi connectivity index (χ0n) is 23.4. The van der Waals surface area contributed by atoms with Crippen molar-refractivity contribution < 1.29 is 14.8 Å². The Hall–Kier alpha value is -4.98. The molecule has 4 rings (SSSR count). The molecule has 4 aromatic rings. The number of hydrogen-bond donors (Lipinski definition) is 2. The van der Waals surface area contributed by atoms with Gasteiger partial charge in [-0.2, -0.15) is 0 Å². The lowest BCUT2D eigenvalue weighted by molar-refractivity contribution is -0.118. The molecule has 0 saturated carbocycles. The summed E-state index contributed by atoms with van der Waals surface area (Å²) in [6, 6.07) is 28.0. The van der Waals surface area contributed by atoms with Crippen LogP contribution in [0, 0.1) is 6.92 Å². The number of amides is 2. The Balaban J connectivity index is 1.66. The maximum absolute atomic E-state index is 13.6. The van der Waals surface area contributed by atoms with E-state index in [2.05, 4.69) is 10.5 Å². The van der Waals surface area contributed by atoms with E-state index in [1.54, 1.807) is 36.3 Å². The van der Waals surface area contributed by atoms with Crippen LogP contribution in [-0.4, -0.2) is 40.4 Å². The lowest BCUT2D eigenvalue weighted by atomic mass is 9.83. The summed E-state index contributed by atoms with van der Waals surface area (Å²) >= 11 is 0. The number of benzene rings is 3. The number of nitrogens with zero attached hydrogens (tertiary/aromatic N) is 3. The third kappa shape index (κ3) is 7.16. The molecule has 1 heterocycles. The smallest absolute Gasteiger partial charge is 0.258 e. The highest BCUT2D eigenvalue weighted by atomic mass is 16.4. The summed E-state index contributed by atoms with van der Waals surface area (Å²) in [5, 5.41) is 16.3. The minimum absolute atomic E-state index is 0.150. The van der Waals surface area contributed by atoms with Crippen molar-refractivity contribution in [2.75, 3.05) is 18.0 Å². The fourth-order valence-corrected chi connectivity index (χ4v) is 4.87. The molecule has 1 atom stereocenters. The molecule has 8 heteroatoms. The first kappa shape index (κ1) is 29.0. The van der Waals surface area contributed by atoms with Crippen molar-refractivity contribution >= 4 is 23.2 Å². The van der Waals surface area contributed by atoms with Crippen molar-refractivity contribution in [3.05, 3.63) is 135 Å². The first-order chi connectivity index (χ1) is 19.8. The van der Waals surface area contributed by atoms with Crippen LogP contribution in [0.1, 0.15) is 51.9 Å². The molecule has 0 aliphatic carbocycles. The largest absolute Gasteiger partial charge is 0.411 e. The Morgan fingerprint density at radius 3 is 2.22 bits per heavy atom. The van der Waals surface area contributed by atoms with Crippen LogP contribution in [-0.2, 0) is 11.8 Å². The van der Waals surface area contributed by atoms with Gasteiger partial charge in [0.1, 0.15) is 0 Å². The van der Waals surface area contributed by atoms with E-state index < -0.39 is 0 Å². The van der Waals surface area contributed by atoms with Crippen LogP contribution in [0.3, 0.4) is 0 Å². The molecule has 1 aromatic heterocycles. The second-order valence-corrected chi connectivity index (χ2v) is 9.92. The number of oxime groups is 1. The van der Waals surface area contributed by atoms with Gasteiger partial charge in [-0.05, 0) is 53.9 Å². The SMILES string of the molecule is CC(=O)NCCN(C(=O)c1ccc(C(C/C(=N\O)c2ccc(=O)n(C)c2)c2ccccc2C)cc1)c1ccccc1. The van der Waals surface area contributed by atoms with Crippen molar-refractivity contribution in [1.82, 2.24) is 9.88 Å². The number of aryl methyl sites for hydroxylation is 2. The van der Waals surface area contributed by atoms with Crippen molar-refractivity contribution in [3.63, 3.8) is 0 Å². The fraction of sp³-hybridized carbons (Fsp3) is 0.212. The van der Waals surface area contributed by atoms with Crippen molar-refractivity contribution in [2.45, 2.75) is 26.2 Å². The second-order valence-electron chi connectivity index (χ2n) is 9.92. The molecular formula is C33H34N4O4. The standard InChI is InChI=1S/C33H34N4O4/c1-23-9-7-8-12-29(23)30(21-31(35-41)27-17-18-32(39)36(3)22-27)25-13-15-26(16-14-25)33(40)37(20-19-34-24(2)38)28-10-5-4-6-11-28/h4-18,22,30,41H,19-21H2,1-3H3,(H,34,38)/b35-31+. The van der Waals surface area contributed by atoms with Crippen LogP contribution in [0.5, 0.6) is 0 Å². The van der Waals surface area contributed by atoms with Gasteiger partial charge in [0.05, 0.1) is 5.71 Å². The quantitative estimate of drug-likeness (QED) is 0.167. The van der Waals surface area contributed by atoms with E-state index in [9.17, 15) is 19.6 Å². The lowest BCUT2D eigenvalue weighted by Gasteiger charge is -2.24. The molecule has 1 unspecified atom stereocenters. The topological polar surface area (TPSA) is 104 Å². The van der Waals surface area contributed by atoms with E-state index in [-0.39, 0.29) is 23.3 Å². The summed E-state index contributed by atoms with van der Waals surface area (Å²) in [5.41, 5.74) is 5.31. The Kier molecular flexibility index (Phi) is 9.47. The highest BCUT2D eigenvalue weighted by Gasteiger charge is 2.22. The number of nitrogens with one attached hydrogen (secondary N) is 1. The van der Waals surface area contributed by atoms with Crippen molar-refractivity contribution in [2.24, 2.45) is 12.2 Å². The normalized spacial score (nSPS) is 12.0. The van der Waals surface area contributed by atoms with E-state index in [0.29, 0.717) is 36.3 Å². The zero-order valence-corrected chi connectivity index (χ0v) is 23.4. The van der Waals surface area contributed by atoms with Crippen LogP contribution < -0.4 is 15.8 Å². The zero-order chi connectivity index (χ0) is 29.4. The molecule has 0 bridgehead atoms. The summed E-state index contributed by atoms with van der Waals surface area (Å²) in [6.07, 6.45) is 2.03. The Morgan fingerprint density at radius 2 is 1.59 bits per heavy atom. The first-order valence-electron chi connectivity index (χ1n) is 13.4. The predicted octanol–water partition coefficient (Wildman–Crippen LogP) is 4.88. The van der Waals surface area contributed by atoms with Crippen LogP contribution in [0.15, 0.2) is 107 Å². The van der Waals surface area contributed by atoms with E-state index in [4.69, 9.17) is 0 Å². The van der Waals surface area contributed by atoms with E-state index in [1.807, 2.05) is 73.7 Å². The lowest BCUT2D eigenvalue weighted by Crippen LogP contribution is -2.38. The van der Waals surface area contributed by atoms with Gasteiger partial charge in [-0.3, -0.25) is 14.4 Å². The second kappa shape index (κ2) is 13.4. The summed E-state index contributed by atoms with van der Waals surface area (Å²) in [4.78, 5) is 38.6. The van der Waals surface area contributed by atoms with Gasteiger partial charge in [-0.15, -0.1) is 0 Å². The first-order valence-corrected chi connectivity index (χ1v) is 13.4. The third-order valence-corrected chi connectivity index (χ3v) is 7.08. The molecule has 0 spiro atoms. The number of hydrogen-bond acceptors (Lipinski definition) is 5. The highest BCUT2D eigenvalue weighted by molar-refractivity contribution is 6.06. The van der Waals surface area contributed by atoms with Gasteiger partial charge in [0.25, 0.3) is 5.91 Å². The molecule has 2 amide bonds. The third-order valence-electron chi connectivity index (χ3n) is 7.08. The maximum atomic E-state index is 13.6. The summed E-state index contributed by atoms with van der Waals surface area (Å²) in [7, 11) is 1.66.